The molecule has 0 atom stereocenters. The molecule has 3 rings (SSSR count). The van der Waals surface area contributed by atoms with Gasteiger partial charge in [-0.15, -0.1) is 11.8 Å². The number of para-hydroxylation sites is 1. The number of nitrogens with one attached hydrogen (secondary N) is 1. The zero-order valence-corrected chi connectivity index (χ0v) is 16.8. The number of rotatable bonds is 7. The van der Waals surface area contributed by atoms with Crippen LogP contribution in [0.2, 0.25) is 0 Å². The summed E-state index contributed by atoms with van der Waals surface area (Å²) < 4.78 is 6.01. The van der Waals surface area contributed by atoms with Crippen LogP contribution in [0.1, 0.15) is 28.5 Å². The van der Waals surface area contributed by atoms with Crippen LogP contribution in [0.3, 0.4) is 0 Å². The minimum atomic E-state index is -0.240. The predicted molar refractivity (Wildman–Crippen MR) is 114 cm³/mol. The van der Waals surface area contributed by atoms with Gasteiger partial charge < -0.3 is 15.8 Å². The first-order valence-electron chi connectivity index (χ1n) is 9.06. The smallest absolute Gasteiger partial charge is 0.255 e. The van der Waals surface area contributed by atoms with Gasteiger partial charge in [0.2, 0.25) is 0 Å². The van der Waals surface area contributed by atoms with Crippen molar-refractivity contribution in [2.45, 2.75) is 25.3 Å². The van der Waals surface area contributed by atoms with Crippen LogP contribution in [0.25, 0.3) is 0 Å². The third kappa shape index (κ3) is 5.04. The van der Waals surface area contributed by atoms with Crippen LogP contribution >= 0.6 is 11.8 Å². The molecule has 144 valence electrons. The van der Waals surface area contributed by atoms with Crippen molar-refractivity contribution >= 4 is 23.5 Å². The van der Waals surface area contributed by atoms with E-state index in [9.17, 15) is 4.79 Å². The van der Waals surface area contributed by atoms with Crippen molar-refractivity contribution in [3.05, 3.63) is 77.5 Å². The van der Waals surface area contributed by atoms with Crippen molar-refractivity contribution in [2.75, 3.05) is 11.5 Å². The van der Waals surface area contributed by atoms with Gasteiger partial charge in [-0.25, -0.2) is 4.98 Å². The highest BCUT2D eigenvalue weighted by Gasteiger charge is 2.10. The number of nitrogens with zero attached hydrogens (tertiary/aromatic N) is 1. The molecule has 1 amide bonds. The van der Waals surface area contributed by atoms with Crippen molar-refractivity contribution < 1.29 is 9.53 Å². The molecule has 6 heteroatoms. The van der Waals surface area contributed by atoms with Gasteiger partial charge in [0, 0.05) is 12.2 Å². The molecule has 0 aliphatic rings. The number of nitrogens with two attached hydrogens (primary N) is 1. The maximum absolute atomic E-state index is 12.3. The third-order valence-electron chi connectivity index (χ3n) is 4.06. The highest BCUT2D eigenvalue weighted by molar-refractivity contribution is 7.99. The van der Waals surface area contributed by atoms with Gasteiger partial charge in [-0.05, 0) is 54.6 Å². The van der Waals surface area contributed by atoms with Crippen LogP contribution in [0.15, 0.2) is 65.6 Å². The number of amides is 1. The van der Waals surface area contributed by atoms with E-state index < -0.39 is 0 Å². The molecule has 5 nitrogen and oxygen atoms in total. The SMILES string of the molecule is CCSc1ccccc1Oc1ccc(CNC(=O)c2ccc(C)nc2N)cc1. The standard InChI is InChI=1S/C22H23N3O2S/c1-3-28-20-7-5-4-6-19(20)27-17-11-9-16(10-12-17)14-24-22(26)18-13-8-15(2)25-21(18)23/h4-13H,3,14H2,1-2H3,(H2,23,25)(H,24,26). The number of hydrogen-bond donors (Lipinski definition) is 2. The molecule has 0 unspecified atom stereocenters. The molecule has 0 saturated carbocycles. The predicted octanol–water partition coefficient (Wildman–Crippen LogP) is 4.81. The average Bonchev–Trinajstić information content (AvgIpc) is 2.69. The molecule has 3 N–H and O–H groups in total. The van der Waals surface area contributed by atoms with Crippen LogP contribution in [0.4, 0.5) is 5.82 Å². The topological polar surface area (TPSA) is 77.2 Å². The number of nitrogen functional groups attached to an aromatic ring is 1. The normalized spacial score (nSPS) is 10.5. The van der Waals surface area contributed by atoms with E-state index in [4.69, 9.17) is 10.5 Å². The molecular formula is C22H23N3O2S. The second kappa shape index (κ2) is 9.28. The van der Waals surface area contributed by atoms with Crippen molar-refractivity contribution in [3.63, 3.8) is 0 Å². The van der Waals surface area contributed by atoms with Crippen LogP contribution in [0, 0.1) is 6.92 Å². The number of aryl methyl sites for hydroxylation is 1. The fraction of sp³-hybridized carbons (Fsp3) is 0.182. The van der Waals surface area contributed by atoms with E-state index in [1.807, 2.05) is 49.4 Å². The van der Waals surface area contributed by atoms with Gasteiger partial charge in [-0.3, -0.25) is 4.79 Å². The quantitative estimate of drug-likeness (QED) is 0.564. The van der Waals surface area contributed by atoms with E-state index in [1.54, 1.807) is 23.9 Å². The third-order valence-corrected chi connectivity index (χ3v) is 5.00. The largest absolute Gasteiger partial charge is 0.456 e. The number of thioether (sulfide) groups is 1. The summed E-state index contributed by atoms with van der Waals surface area (Å²) in [6, 6.07) is 19.1. The Hall–Kier alpha value is -2.99. The summed E-state index contributed by atoms with van der Waals surface area (Å²) in [5, 5.41) is 2.87. The summed E-state index contributed by atoms with van der Waals surface area (Å²) in [5.74, 6) is 2.59. The van der Waals surface area contributed by atoms with Gasteiger partial charge in [0.1, 0.15) is 17.3 Å². The van der Waals surface area contributed by atoms with E-state index in [0.717, 1.165) is 33.4 Å². The molecule has 3 aromatic rings. The highest BCUT2D eigenvalue weighted by atomic mass is 32.2. The van der Waals surface area contributed by atoms with Crippen LogP contribution in [-0.2, 0) is 6.54 Å². The lowest BCUT2D eigenvalue weighted by Crippen LogP contribution is -2.24. The van der Waals surface area contributed by atoms with Crippen molar-refractivity contribution in [3.8, 4) is 11.5 Å². The van der Waals surface area contributed by atoms with Crippen LogP contribution in [-0.4, -0.2) is 16.6 Å². The summed E-state index contributed by atoms with van der Waals surface area (Å²) in [7, 11) is 0. The number of anilines is 1. The van der Waals surface area contributed by atoms with E-state index in [-0.39, 0.29) is 11.7 Å². The number of carbonyl (C=O) groups excluding carboxylic acids is 1. The fourth-order valence-corrected chi connectivity index (χ4v) is 3.40. The lowest BCUT2D eigenvalue weighted by Gasteiger charge is -2.11. The molecule has 0 spiro atoms. The molecule has 28 heavy (non-hydrogen) atoms. The van der Waals surface area contributed by atoms with Gasteiger partial charge in [0.15, 0.2) is 0 Å². The van der Waals surface area contributed by atoms with Crippen molar-refractivity contribution in [1.29, 1.82) is 0 Å². The Morgan fingerprint density at radius 3 is 2.57 bits per heavy atom. The van der Waals surface area contributed by atoms with Gasteiger partial charge >= 0.3 is 0 Å². The first-order valence-corrected chi connectivity index (χ1v) is 10.1. The Bertz CT molecular complexity index is 958. The first-order chi connectivity index (χ1) is 13.6. The lowest BCUT2D eigenvalue weighted by molar-refractivity contribution is 0.0951. The molecule has 0 aliphatic heterocycles. The Morgan fingerprint density at radius 1 is 1.11 bits per heavy atom. The second-order valence-corrected chi connectivity index (χ2v) is 7.50. The Morgan fingerprint density at radius 2 is 1.86 bits per heavy atom. The summed E-state index contributed by atoms with van der Waals surface area (Å²) in [5.41, 5.74) is 7.96. The van der Waals surface area contributed by atoms with Crippen LogP contribution < -0.4 is 15.8 Å². The summed E-state index contributed by atoms with van der Waals surface area (Å²) in [4.78, 5) is 17.5. The van der Waals surface area contributed by atoms with Gasteiger partial charge in [0.05, 0.1) is 10.5 Å². The lowest BCUT2D eigenvalue weighted by atomic mass is 10.2. The number of carbonyl (C=O) groups is 1. The van der Waals surface area contributed by atoms with E-state index in [0.29, 0.717) is 12.1 Å². The number of hydrogen-bond acceptors (Lipinski definition) is 5. The molecule has 1 aromatic heterocycles. The number of ether oxygens (including phenoxy) is 1. The Balaban J connectivity index is 1.61. The number of pyridine rings is 1. The minimum Gasteiger partial charge on any atom is -0.456 e. The van der Waals surface area contributed by atoms with Crippen molar-refractivity contribution in [2.24, 2.45) is 0 Å². The second-order valence-electron chi connectivity index (χ2n) is 6.19. The first kappa shape index (κ1) is 19.8. The highest BCUT2D eigenvalue weighted by Crippen LogP contribution is 2.32. The minimum absolute atomic E-state index is 0.240. The zero-order chi connectivity index (χ0) is 19.9. The maximum Gasteiger partial charge on any atom is 0.255 e. The number of aromatic nitrogens is 1. The number of benzene rings is 2. The Kier molecular flexibility index (Phi) is 6.55. The summed E-state index contributed by atoms with van der Waals surface area (Å²) in [6.45, 7) is 4.35. The molecular weight excluding hydrogens is 370 g/mol. The van der Waals surface area contributed by atoms with Gasteiger partial charge in [-0.2, -0.15) is 0 Å². The van der Waals surface area contributed by atoms with Crippen molar-refractivity contribution in [1.82, 2.24) is 10.3 Å². The molecule has 0 aliphatic carbocycles. The monoisotopic (exact) mass is 393 g/mol. The van der Waals surface area contributed by atoms with Crippen LogP contribution in [0.5, 0.6) is 11.5 Å². The zero-order valence-electron chi connectivity index (χ0n) is 15.9. The summed E-state index contributed by atoms with van der Waals surface area (Å²) >= 11 is 1.75. The maximum atomic E-state index is 12.3. The van der Waals surface area contributed by atoms with E-state index >= 15 is 0 Å². The fourth-order valence-electron chi connectivity index (χ4n) is 2.66. The molecule has 0 fully saturated rings. The Labute approximate surface area is 169 Å². The molecule has 2 aromatic carbocycles. The van der Waals surface area contributed by atoms with Gasteiger partial charge in [0.25, 0.3) is 5.91 Å². The molecule has 0 radical (unpaired) electrons. The average molecular weight is 394 g/mol. The van der Waals surface area contributed by atoms with Gasteiger partial charge in [-0.1, -0.05) is 31.2 Å². The molecule has 1 heterocycles. The van der Waals surface area contributed by atoms with E-state index in [1.165, 1.54) is 0 Å². The van der Waals surface area contributed by atoms with E-state index in [2.05, 4.69) is 23.3 Å². The molecule has 0 bridgehead atoms. The molecule has 0 saturated heterocycles. The summed E-state index contributed by atoms with van der Waals surface area (Å²) in [6.07, 6.45) is 0.